The first-order valence-corrected chi connectivity index (χ1v) is 20.6. The van der Waals surface area contributed by atoms with E-state index in [1.54, 1.807) is 17.0 Å². The summed E-state index contributed by atoms with van der Waals surface area (Å²) in [5.41, 5.74) is -0.342. The lowest BCUT2D eigenvalue weighted by atomic mass is 9.94. The maximum atomic E-state index is 14.2. The van der Waals surface area contributed by atoms with Crippen molar-refractivity contribution >= 4 is 56.3 Å². The van der Waals surface area contributed by atoms with Crippen LogP contribution in [-0.2, 0) is 21.9 Å². The molecular weight excluding hydrogens is 716 g/mol. The molecule has 1 saturated heterocycles. The minimum atomic E-state index is -4.64. The van der Waals surface area contributed by atoms with Crippen LogP contribution in [0, 0.1) is 5.92 Å². The smallest absolute Gasteiger partial charge is 0.419 e. The molecule has 1 amide bonds. The molecule has 2 aromatic heterocycles. The van der Waals surface area contributed by atoms with Gasteiger partial charge < -0.3 is 23.4 Å². The predicted octanol–water partition coefficient (Wildman–Crippen LogP) is 8.34. The number of carbonyl (C=O) groups is 1. The summed E-state index contributed by atoms with van der Waals surface area (Å²) in [6, 6.07) is 5.73. The quantitative estimate of drug-likeness (QED) is 0.0947. The van der Waals surface area contributed by atoms with Gasteiger partial charge in [-0.05, 0) is 94.9 Å². The van der Waals surface area contributed by atoms with Crippen molar-refractivity contribution in [2.24, 2.45) is 5.92 Å². The SMILES string of the molecule is CC(C)(C)OC(=O)N1CCC(CCOc2ccc(-c3nc(Cl)nc4c3ccn4CCO[Si](C)(C)I)cc2C(F)(F)F)CC1. The van der Waals surface area contributed by atoms with Crippen LogP contribution in [0.5, 0.6) is 5.75 Å². The van der Waals surface area contributed by atoms with Crippen LogP contribution < -0.4 is 4.74 Å². The molecule has 0 radical (unpaired) electrons. The van der Waals surface area contributed by atoms with Gasteiger partial charge in [-0.2, -0.15) is 18.2 Å². The maximum Gasteiger partial charge on any atom is 0.419 e. The van der Waals surface area contributed by atoms with E-state index in [2.05, 4.69) is 44.9 Å². The van der Waals surface area contributed by atoms with Gasteiger partial charge in [-0.3, -0.25) is 0 Å². The molecule has 3 heterocycles. The Hall–Kier alpha value is -2.10. The second-order valence-corrected chi connectivity index (χ2v) is 23.2. The van der Waals surface area contributed by atoms with E-state index in [4.69, 9.17) is 25.5 Å². The normalized spacial score (nSPS) is 15.3. The first kappa shape index (κ1) is 33.8. The Labute approximate surface area is 268 Å². The van der Waals surface area contributed by atoms with E-state index in [9.17, 15) is 18.0 Å². The highest BCUT2D eigenvalue weighted by Gasteiger charge is 2.35. The molecular formula is C29H37ClF3IN4O4Si. The molecule has 236 valence electrons. The Balaban J connectivity index is 1.45. The molecule has 0 saturated carbocycles. The second kappa shape index (κ2) is 13.5. The molecule has 43 heavy (non-hydrogen) atoms. The summed E-state index contributed by atoms with van der Waals surface area (Å²) in [6.07, 6.45) is -1.11. The number of nitrogens with zero attached hydrogens (tertiary/aromatic N) is 4. The van der Waals surface area contributed by atoms with Gasteiger partial charge in [-0.1, -0.05) is 21.8 Å². The minimum absolute atomic E-state index is 0.0569. The Morgan fingerprint density at radius 1 is 1.12 bits per heavy atom. The number of alkyl halides is 3. The van der Waals surface area contributed by atoms with Crippen LogP contribution >= 0.6 is 33.4 Å². The second-order valence-electron chi connectivity index (χ2n) is 12.1. The number of piperidine rings is 1. The molecule has 0 aliphatic carbocycles. The number of carbonyl (C=O) groups excluding carboxylic acids is 1. The fourth-order valence-electron chi connectivity index (χ4n) is 4.92. The van der Waals surface area contributed by atoms with E-state index in [0.29, 0.717) is 49.4 Å². The third kappa shape index (κ3) is 9.44. The van der Waals surface area contributed by atoms with Crippen LogP contribution in [0.1, 0.15) is 45.6 Å². The number of aromatic nitrogens is 3. The van der Waals surface area contributed by atoms with Crippen molar-refractivity contribution in [3.05, 3.63) is 41.3 Å². The van der Waals surface area contributed by atoms with Gasteiger partial charge in [0.05, 0.1) is 24.5 Å². The van der Waals surface area contributed by atoms with Gasteiger partial charge in [-0.15, -0.1) is 0 Å². The highest BCUT2D eigenvalue weighted by atomic mass is 127. The van der Waals surface area contributed by atoms with Crippen LogP contribution in [0.25, 0.3) is 22.3 Å². The number of hydrogen-bond donors (Lipinski definition) is 0. The van der Waals surface area contributed by atoms with Gasteiger partial charge in [0.25, 0.3) is 5.81 Å². The molecule has 1 aliphatic rings. The lowest BCUT2D eigenvalue weighted by Crippen LogP contribution is -2.41. The average Bonchev–Trinajstić information content (AvgIpc) is 3.29. The third-order valence-corrected chi connectivity index (χ3v) is 8.97. The van der Waals surface area contributed by atoms with Gasteiger partial charge >= 0.3 is 12.3 Å². The Morgan fingerprint density at radius 3 is 2.44 bits per heavy atom. The molecule has 0 spiro atoms. The Kier molecular flexibility index (Phi) is 10.6. The molecule has 0 unspecified atom stereocenters. The molecule has 1 fully saturated rings. The van der Waals surface area contributed by atoms with Crippen molar-refractivity contribution in [1.29, 1.82) is 0 Å². The fourth-order valence-corrected chi connectivity index (χ4v) is 6.32. The van der Waals surface area contributed by atoms with Crippen molar-refractivity contribution in [1.82, 2.24) is 19.4 Å². The van der Waals surface area contributed by atoms with Gasteiger partial charge in [0.1, 0.15) is 17.0 Å². The number of rotatable bonds is 9. The molecule has 8 nitrogen and oxygen atoms in total. The van der Waals surface area contributed by atoms with Crippen molar-refractivity contribution in [3.8, 4) is 17.0 Å². The molecule has 0 atom stereocenters. The number of fused-ring (bicyclic) bond motifs is 1. The highest BCUT2D eigenvalue weighted by molar-refractivity contribution is 14.1. The van der Waals surface area contributed by atoms with Gasteiger partial charge in [-0.25, -0.2) is 9.78 Å². The summed E-state index contributed by atoms with van der Waals surface area (Å²) in [5, 5.41) is 0.536. The lowest BCUT2D eigenvalue weighted by Gasteiger charge is -2.33. The monoisotopic (exact) mass is 752 g/mol. The standard InChI is InChI=1S/C29H37ClF3IN4O4Si/c1-28(2,3)42-27(39)38-12-8-19(9-13-38)11-16-40-23-7-6-20(18-22(23)29(31,32)33)24-21-10-14-37(15-17-41-43(4,5)34)25(21)36-26(30)35-24/h6-7,10,14,18-19H,8-9,11-13,15-17H2,1-5H3. The van der Waals surface area contributed by atoms with Crippen molar-refractivity contribution in [2.75, 3.05) is 26.3 Å². The predicted molar refractivity (Wildman–Crippen MR) is 171 cm³/mol. The number of benzene rings is 1. The number of hydrogen-bond acceptors (Lipinski definition) is 6. The first-order valence-electron chi connectivity index (χ1n) is 14.2. The van der Waals surface area contributed by atoms with Crippen molar-refractivity contribution < 1.29 is 31.9 Å². The average molecular weight is 753 g/mol. The number of amides is 1. The van der Waals surface area contributed by atoms with Crippen molar-refractivity contribution in [3.63, 3.8) is 0 Å². The molecule has 3 aromatic rings. The number of likely N-dealkylation sites (tertiary alicyclic amines) is 1. The summed E-state index contributed by atoms with van der Waals surface area (Å²) in [5.74, 6) is -1.73. The minimum Gasteiger partial charge on any atom is -0.493 e. The molecule has 14 heteroatoms. The van der Waals surface area contributed by atoms with Crippen LogP contribution in [0.3, 0.4) is 0 Å². The third-order valence-electron chi connectivity index (χ3n) is 6.98. The summed E-state index contributed by atoms with van der Waals surface area (Å²) in [7, 11) is 0. The Bertz CT molecular complexity index is 1430. The summed E-state index contributed by atoms with van der Waals surface area (Å²) in [6.45, 7) is 11.9. The topological polar surface area (TPSA) is 78.7 Å². The van der Waals surface area contributed by atoms with Crippen molar-refractivity contribution in [2.45, 2.75) is 71.4 Å². The lowest BCUT2D eigenvalue weighted by molar-refractivity contribution is -0.138. The van der Waals surface area contributed by atoms with Gasteiger partial charge in [0, 0.05) is 36.8 Å². The summed E-state index contributed by atoms with van der Waals surface area (Å²) in [4.78, 5) is 22.6. The summed E-state index contributed by atoms with van der Waals surface area (Å²) >= 11 is 8.56. The van der Waals surface area contributed by atoms with E-state index in [1.807, 2.05) is 31.5 Å². The number of ether oxygens (including phenoxy) is 2. The zero-order valence-electron chi connectivity index (χ0n) is 24.9. The van der Waals surface area contributed by atoms with E-state index < -0.39 is 23.2 Å². The molecule has 0 N–H and O–H groups in total. The maximum absolute atomic E-state index is 14.2. The molecule has 4 rings (SSSR count). The number of halogens is 5. The zero-order chi connectivity index (χ0) is 31.6. The van der Waals surface area contributed by atoms with E-state index in [0.717, 1.165) is 18.9 Å². The van der Waals surface area contributed by atoms with Crippen LogP contribution in [0.4, 0.5) is 18.0 Å². The Morgan fingerprint density at radius 2 is 1.81 bits per heavy atom. The summed E-state index contributed by atoms with van der Waals surface area (Å²) < 4.78 is 61.5. The molecule has 1 aromatic carbocycles. The first-order chi connectivity index (χ1) is 20.0. The zero-order valence-corrected chi connectivity index (χ0v) is 28.8. The van der Waals surface area contributed by atoms with E-state index in [-0.39, 0.29) is 35.2 Å². The van der Waals surface area contributed by atoms with E-state index in [1.165, 1.54) is 6.07 Å². The highest BCUT2D eigenvalue weighted by Crippen LogP contribution is 2.40. The molecule has 0 bridgehead atoms. The fraction of sp³-hybridized carbons (Fsp3) is 0.552. The van der Waals surface area contributed by atoms with Gasteiger partial charge in [0.15, 0.2) is 0 Å². The largest absolute Gasteiger partial charge is 0.493 e. The van der Waals surface area contributed by atoms with E-state index >= 15 is 0 Å². The van der Waals surface area contributed by atoms with Gasteiger partial charge in [0.2, 0.25) is 5.28 Å². The van der Waals surface area contributed by atoms with Crippen LogP contribution in [0.15, 0.2) is 30.5 Å². The molecule has 1 aliphatic heterocycles. The van der Waals surface area contributed by atoms with Crippen LogP contribution in [-0.4, -0.2) is 63.2 Å². The van der Waals surface area contributed by atoms with Crippen LogP contribution in [0.2, 0.25) is 18.4 Å².